The molecule has 0 saturated heterocycles. The van der Waals surface area contributed by atoms with Crippen molar-refractivity contribution in [3.05, 3.63) is 29.1 Å². The van der Waals surface area contributed by atoms with Crippen LogP contribution in [0.1, 0.15) is 18.1 Å². The van der Waals surface area contributed by atoms with Crippen molar-refractivity contribution in [2.45, 2.75) is 13.8 Å². The summed E-state index contributed by atoms with van der Waals surface area (Å²) in [6, 6.07) is 5.00. The van der Waals surface area contributed by atoms with Gasteiger partial charge in [0.1, 0.15) is 23.2 Å². The van der Waals surface area contributed by atoms with E-state index in [4.69, 9.17) is 10.00 Å². The van der Waals surface area contributed by atoms with Gasteiger partial charge >= 0.3 is 0 Å². The van der Waals surface area contributed by atoms with E-state index in [2.05, 4.69) is 0 Å². The fraction of sp³-hybridized carbons (Fsp3) is 0.300. The van der Waals surface area contributed by atoms with Gasteiger partial charge in [0.05, 0.1) is 6.61 Å². The lowest BCUT2D eigenvalue weighted by Crippen LogP contribution is -1.98. The zero-order valence-corrected chi connectivity index (χ0v) is 7.60. The Kier molecular flexibility index (Phi) is 2.86. The molecule has 0 aromatic heterocycles. The smallest absolute Gasteiger partial charge is 0.147 e. The largest absolute Gasteiger partial charge is 0.492 e. The molecule has 0 bridgehead atoms. The van der Waals surface area contributed by atoms with Gasteiger partial charge in [-0.05, 0) is 25.5 Å². The lowest BCUT2D eigenvalue weighted by molar-refractivity contribution is 0.337. The SMILES string of the molecule is CCOc1ccc(C)c(F)c1C#N. The van der Waals surface area contributed by atoms with Crippen molar-refractivity contribution in [3.63, 3.8) is 0 Å². The third-order valence-corrected chi connectivity index (χ3v) is 1.71. The van der Waals surface area contributed by atoms with Gasteiger partial charge in [-0.3, -0.25) is 0 Å². The zero-order valence-electron chi connectivity index (χ0n) is 7.60. The van der Waals surface area contributed by atoms with E-state index in [-0.39, 0.29) is 5.56 Å². The van der Waals surface area contributed by atoms with E-state index >= 15 is 0 Å². The van der Waals surface area contributed by atoms with Gasteiger partial charge in [-0.1, -0.05) is 6.07 Å². The van der Waals surface area contributed by atoms with Crippen LogP contribution in [0.15, 0.2) is 12.1 Å². The van der Waals surface area contributed by atoms with Gasteiger partial charge in [0.2, 0.25) is 0 Å². The number of nitriles is 1. The van der Waals surface area contributed by atoms with Crippen molar-refractivity contribution in [1.29, 1.82) is 5.26 Å². The summed E-state index contributed by atoms with van der Waals surface area (Å²) in [7, 11) is 0. The summed E-state index contributed by atoms with van der Waals surface area (Å²) >= 11 is 0. The van der Waals surface area contributed by atoms with E-state index in [0.29, 0.717) is 17.9 Å². The number of benzene rings is 1. The number of halogens is 1. The highest BCUT2D eigenvalue weighted by Gasteiger charge is 2.10. The Bertz CT molecular complexity index is 355. The van der Waals surface area contributed by atoms with Crippen molar-refractivity contribution < 1.29 is 9.13 Å². The first-order valence-electron chi connectivity index (χ1n) is 4.02. The van der Waals surface area contributed by atoms with Crippen LogP contribution >= 0.6 is 0 Å². The Labute approximate surface area is 76.6 Å². The molecule has 0 fully saturated rings. The number of aryl methyl sites for hydroxylation is 1. The van der Waals surface area contributed by atoms with Crippen molar-refractivity contribution >= 4 is 0 Å². The van der Waals surface area contributed by atoms with E-state index in [1.807, 2.05) is 0 Å². The first-order chi connectivity index (χ1) is 6.20. The lowest BCUT2D eigenvalue weighted by Gasteiger charge is -2.06. The van der Waals surface area contributed by atoms with Crippen LogP contribution in [0.2, 0.25) is 0 Å². The number of rotatable bonds is 2. The average Bonchev–Trinajstić information content (AvgIpc) is 2.12. The minimum absolute atomic E-state index is 0.0122. The van der Waals surface area contributed by atoms with Gasteiger partial charge in [-0.15, -0.1) is 0 Å². The Morgan fingerprint density at radius 1 is 1.54 bits per heavy atom. The van der Waals surface area contributed by atoms with E-state index in [1.165, 1.54) is 0 Å². The van der Waals surface area contributed by atoms with Crippen LogP contribution in [-0.4, -0.2) is 6.61 Å². The highest BCUT2D eigenvalue weighted by Crippen LogP contribution is 2.22. The molecule has 13 heavy (non-hydrogen) atoms. The molecule has 1 aromatic rings. The van der Waals surface area contributed by atoms with Crippen LogP contribution in [0.3, 0.4) is 0 Å². The molecule has 0 aliphatic carbocycles. The molecular weight excluding hydrogens is 169 g/mol. The van der Waals surface area contributed by atoms with Crippen molar-refractivity contribution in [1.82, 2.24) is 0 Å². The molecule has 3 heteroatoms. The topological polar surface area (TPSA) is 33.0 Å². The molecule has 1 rings (SSSR count). The van der Waals surface area contributed by atoms with Crippen LogP contribution in [0.5, 0.6) is 5.75 Å². The summed E-state index contributed by atoms with van der Waals surface area (Å²) in [5.41, 5.74) is 0.446. The average molecular weight is 179 g/mol. The standard InChI is InChI=1S/C10H10FNO/c1-3-13-9-5-4-7(2)10(11)8(9)6-12/h4-5H,3H2,1-2H3. The number of nitrogens with zero attached hydrogens (tertiary/aromatic N) is 1. The van der Waals surface area contributed by atoms with Crippen LogP contribution < -0.4 is 4.74 Å². The van der Waals surface area contributed by atoms with Crippen molar-refractivity contribution in [3.8, 4) is 11.8 Å². The zero-order chi connectivity index (χ0) is 9.84. The second kappa shape index (κ2) is 3.90. The Morgan fingerprint density at radius 3 is 2.77 bits per heavy atom. The molecule has 0 saturated carbocycles. The molecule has 0 amide bonds. The number of ether oxygens (including phenoxy) is 1. The van der Waals surface area contributed by atoms with Gasteiger partial charge in [-0.25, -0.2) is 4.39 Å². The van der Waals surface area contributed by atoms with Crippen LogP contribution in [0.25, 0.3) is 0 Å². The van der Waals surface area contributed by atoms with Crippen molar-refractivity contribution in [2.75, 3.05) is 6.61 Å². The molecule has 0 aliphatic rings. The summed E-state index contributed by atoms with van der Waals surface area (Å²) in [6.07, 6.45) is 0. The molecule has 0 aliphatic heterocycles. The molecule has 0 N–H and O–H groups in total. The summed E-state index contributed by atoms with van der Waals surface area (Å²) in [6.45, 7) is 3.84. The fourth-order valence-corrected chi connectivity index (χ4v) is 1.04. The minimum Gasteiger partial charge on any atom is -0.492 e. The molecule has 0 atom stereocenters. The highest BCUT2D eigenvalue weighted by atomic mass is 19.1. The Balaban J connectivity index is 3.23. The molecule has 2 nitrogen and oxygen atoms in total. The van der Waals surface area contributed by atoms with E-state index in [9.17, 15) is 4.39 Å². The molecule has 0 spiro atoms. The predicted octanol–water partition coefficient (Wildman–Crippen LogP) is 2.40. The maximum atomic E-state index is 13.3. The Morgan fingerprint density at radius 2 is 2.23 bits per heavy atom. The first-order valence-corrected chi connectivity index (χ1v) is 4.02. The third kappa shape index (κ3) is 1.78. The maximum Gasteiger partial charge on any atom is 0.147 e. The van der Waals surface area contributed by atoms with Gasteiger partial charge in [-0.2, -0.15) is 5.26 Å². The van der Waals surface area contributed by atoms with Gasteiger partial charge in [0.15, 0.2) is 0 Å². The molecule has 68 valence electrons. The lowest BCUT2D eigenvalue weighted by atomic mass is 10.1. The quantitative estimate of drug-likeness (QED) is 0.698. The maximum absolute atomic E-state index is 13.3. The molecule has 0 heterocycles. The van der Waals surface area contributed by atoms with E-state index in [1.54, 1.807) is 32.0 Å². The van der Waals surface area contributed by atoms with Gasteiger partial charge in [0.25, 0.3) is 0 Å². The third-order valence-electron chi connectivity index (χ3n) is 1.71. The first kappa shape index (κ1) is 9.53. The van der Waals surface area contributed by atoms with Crippen LogP contribution in [0, 0.1) is 24.1 Å². The van der Waals surface area contributed by atoms with Gasteiger partial charge < -0.3 is 4.74 Å². The van der Waals surface area contributed by atoms with E-state index < -0.39 is 5.82 Å². The second-order valence-electron chi connectivity index (χ2n) is 2.61. The Hall–Kier alpha value is -1.56. The summed E-state index contributed by atoms with van der Waals surface area (Å²) in [5.74, 6) is -0.179. The molecule has 0 radical (unpaired) electrons. The number of hydrogen-bond donors (Lipinski definition) is 0. The highest BCUT2D eigenvalue weighted by molar-refractivity contribution is 5.46. The molecule has 0 unspecified atom stereocenters. The second-order valence-corrected chi connectivity index (χ2v) is 2.61. The molecule has 1 aromatic carbocycles. The monoisotopic (exact) mass is 179 g/mol. The van der Waals surface area contributed by atoms with Crippen LogP contribution in [-0.2, 0) is 0 Å². The van der Waals surface area contributed by atoms with Crippen molar-refractivity contribution in [2.24, 2.45) is 0 Å². The number of hydrogen-bond acceptors (Lipinski definition) is 2. The summed E-state index contributed by atoms with van der Waals surface area (Å²) in [5, 5.41) is 8.68. The normalized spacial score (nSPS) is 9.38. The summed E-state index contributed by atoms with van der Waals surface area (Å²) in [4.78, 5) is 0. The minimum atomic E-state index is -0.492. The predicted molar refractivity (Wildman–Crippen MR) is 47.0 cm³/mol. The van der Waals surface area contributed by atoms with Crippen LogP contribution in [0.4, 0.5) is 4.39 Å². The van der Waals surface area contributed by atoms with E-state index in [0.717, 1.165) is 0 Å². The fourth-order valence-electron chi connectivity index (χ4n) is 1.04. The van der Waals surface area contributed by atoms with Gasteiger partial charge in [0, 0.05) is 0 Å². The molecular formula is C10H10FNO. The summed E-state index contributed by atoms with van der Waals surface area (Å²) < 4.78 is 18.4.